The van der Waals surface area contributed by atoms with Crippen LogP contribution in [0.1, 0.15) is 13.8 Å². The van der Waals surface area contributed by atoms with E-state index in [2.05, 4.69) is 15.9 Å². The maximum absolute atomic E-state index is 9.68. The van der Waals surface area contributed by atoms with Gasteiger partial charge < -0.3 is 19.7 Å². The first kappa shape index (κ1) is 10.6. The average molecular weight is 265 g/mol. The highest BCUT2D eigenvalue weighted by atomic mass is 79.9. The summed E-state index contributed by atoms with van der Waals surface area (Å²) in [6.07, 6.45) is -1.11. The molecule has 1 heterocycles. The predicted octanol–water partition coefficient (Wildman–Crippen LogP) is 0.521. The second kappa shape index (κ2) is 3.28. The van der Waals surface area contributed by atoms with Gasteiger partial charge in [-0.25, -0.2) is 0 Å². The first-order valence-corrected chi connectivity index (χ1v) is 5.29. The monoisotopic (exact) mass is 264 g/mol. The van der Waals surface area contributed by atoms with Gasteiger partial charge in [0, 0.05) is 4.48 Å². The summed E-state index contributed by atoms with van der Waals surface area (Å²) in [5.41, 5.74) is 0. The molecule has 0 saturated carbocycles. The lowest BCUT2D eigenvalue weighted by Gasteiger charge is -2.29. The van der Waals surface area contributed by atoms with Crippen molar-refractivity contribution < 1.29 is 19.7 Å². The fourth-order valence-corrected chi connectivity index (χ4v) is 2.43. The Kier molecular flexibility index (Phi) is 2.48. The van der Waals surface area contributed by atoms with Gasteiger partial charge in [0.1, 0.15) is 24.4 Å². The summed E-state index contributed by atoms with van der Waals surface area (Å²) in [7, 11) is 0. The Labute approximate surface area is 90.6 Å². The standard InChI is InChI=1S/C9H13BrO4/c1-9(2)13-7-4(10)3-5(11)6(12)8(7)14-9/h3,5-8,11-12H,1-2H3/t5-,6+,7+,8-/m0/s1. The number of halogens is 1. The molecule has 0 bridgehead atoms. The van der Waals surface area contributed by atoms with E-state index >= 15 is 0 Å². The van der Waals surface area contributed by atoms with E-state index in [0.717, 1.165) is 4.48 Å². The van der Waals surface area contributed by atoms with E-state index in [0.29, 0.717) is 0 Å². The first-order valence-electron chi connectivity index (χ1n) is 4.50. The zero-order valence-electron chi connectivity index (χ0n) is 7.98. The molecular weight excluding hydrogens is 252 g/mol. The van der Waals surface area contributed by atoms with Crippen LogP contribution in [0.5, 0.6) is 0 Å². The second-order valence-corrected chi connectivity index (χ2v) is 4.97. The molecule has 0 radical (unpaired) electrons. The minimum Gasteiger partial charge on any atom is -0.387 e. The number of rotatable bonds is 0. The van der Waals surface area contributed by atoms with Crippen molar-refractivity contribution in [2.45, 2.75) is 44.1 Å². The van der Waals surface area contributed by atoms with E-state index in [-0.39, 0.29) is 6.10 Å². The van der Waals surface area contributed by atoms with Crippen LogP contribution in [-0.4, -0.2) is 40.4 Å². The molecule has 1 aliphatic heterocycles. The van der Waals surface area contributed by atoms with Crippen LogP contribution in [-0.2, 0) is 9.47 Å². The SMILES string of the molecule is CC1(C)O[C@H]2[C@H](O)[C@@H](O)C=C(Br)[C@H]2O1. The highest BCUT2D eigenvalue weighted by molar-refractivity contribution is 9.11. The molecule has 0 aromatic carbocycles. The van der Waals surface area contributed by atoms with Crippen molar-refractivity contribution in [3.63, 3.8) is 0 Å². The van der Waals surface area contributed by atoms with Crippen LogP contribution in [0.4, 0.5) is 0 Å². The van der Waals surface area contributed by atoms with E-state index in [9.17, 15) is 10.2 Å². The number of hydrogen-bond donors (Lipinski definition) is 2. The quantitative estimate of drug-likeness (QED) is 0.670. The number of hydrogen-bond acceptors (Lipinski definition) is 4. The van der Waals surface area contributed by atoms with Crippen LogP contribution in [0.15, 0.2) is 10.6 Å². The predicted molar refractivity (Wildman–Crippen MR) is 52.8 cm³/mol. The largest absolute Gasteiger partial charge is 0.387 e. The molecule has 0 amide bonds. The third-order valence-corrected chi connectivity index (χ3v) is 3.13. The Balaban J connectivity index is 2.27. The molecule has 80 valence electrons. The van der Waals surface area contributed by atoms with Gasteiger partial charge in [0.15, 0.2) is 5.79 Å². The number of ether oxygens (including phenoxy) is 2. The van der Waals surface area contributed by atoms with Gasteiger partial charge in [0.05, 0.1) is 0 Å². The van der Waals surface area contributed by atoms with Crippen molar-refractivity contribution in [3.8, 4) is 0 Å². The summed E-state index contributed by atoms with van der Waals surface area (Å²) in [6.45, 7) is 3.56. The smallest absolute Gasteiger partial charge is 0.164 e. The van der Waals surface area contributed by atoms with E-state index in [4.69, 9.17) is 9.47 Å². The zero-order valence-corrected chi connectivity index (χ0v) is 9.56. The third kappa shape index (κ3) is 1.63. The second-order valence-electron chi connectivity index (χ2n) is 4.05. The molecule has 0 spiro atoms. The average Bonchev–Trinajstić information content (AvgIpc) is 2.38. The van der Waals surface area contributed by atoms with Gasteiger partial charge in [-0.3, -0.25) is 0 Å². The molecule has 2 aliphatic rings. The van der Waals surface area contributed by atoms with Crippen LogP contribution in [0.3, 0.4) is 0 Å². The maximum atomic E-state index is 9.68. The zero-order chi connectivity index (χ0) is 10.5. The summed E-state index contributed by atoms with van der Waals surface area (Å²) >= 11 is 3.30. The minimum atomic E-state index is -0.928. The number of aliphatic hydroxyl groups excluding tert-OH is 2. The van der Waals surface area contributed by atoms with Crippen LogP contribution in [0.2, 0.25) is 0 Å². The van der Waals surface area contributed by atoms with Gasteiger partial charge in [-0.05, 0) is 19.9 Å². The number of aliphatic hydroxyl groups is 2. The normalized spacial score (nSPS) is 45.9. The van der Waals surface area contributed by atoms with Crippen LogP contribution >= 0.6 is 15.9 Å². The van der Waals surface area contributed by atoms with Crippen molar-refractivity contribution in [3.05, 3.63) is 10.6 Å². The van der Waals surface area contributed by atoms with Crippen LogP contribution < -0.4 is 0 Å². The lowest BCUT2D eigenvalue weighted by atomic mass is 9.96. The van der Waals surface area contributed by atoms with Crippen molar-refractivity contribution in [1.82, 2.24) is 0 Å². The topological polar surface area (TPSA) is 58.9 Å². The Morgan fingerprint density at radius 1 is 1.36 bits per heavy atom. The summed E-state index contributed by atoms with van der Waals surface area (Å²) < 4.78 is 11.8. The fraction of sp³-hybridized carbons (Fsp3) is 0.778. The molecule has 0 aromatic rings. The van der Waals surface area contributed by atoms with Gasteiger partial charge in [-0.2, -0.15) is 0 Å². The summed E-state index contributed by atoms with van der Waals surface area (Å²) in [4.78, 5) is 0. The van der Waals surface area contributed by atoms with Gasteiger partial charge >= 0.3 is 0 Å². The molecule has 2 rings (SSSR count). The van der Waals surface area contributed by atoms with Gasteiger partial charge in [0.25, 0.3) is 0 Å². The molecule has 4 nitrogen and oxygen atoms in total. The minimum absolute atomic E-state index is 0.316. The van der Waals surface area contributed by atoms with Gasteiger partial charge in [0.2, 0.25) is 0 Å². The molecule has 0 aromatic heterocycles. The summed E-state index contributed by atoms with van der Waals surface area (Å²) in [5, 5.41) is 19.2. The molecule has 1 aliphatic carbocycles. The molecule has 1 fully saturated rings. The summed E-state index contributed by atoms with van der Waals surface area (Å²) in [6, 6.07) is 0. The molecule has 5 heteroatoms. The molecule has 2 N–H and O–H groups in total. The first-order chi connectivity index (χ1) is 6.41. The third-order valence-electron chi connectivity index (χ3n) is 2.42. The van der Waals surface area contributed by atoms with Crippen LogP contribution in [0, 0.1) is 0 Å². The maximum Gasteiger partial charge on any atom is 0.164 e. The molecule has 4 atom stereocenters. The van der Waals surface area contributed by atoms with Gasteiger partial charge in [-0.15, -0.1) is 0 Å². The van der Waals surface area contributed by atoms with E-state index in [1.165, 1.54) is 6.08 Å². The highest BCUT2D eigenvalue weighted by Crippen LogP contribution is 2.39. The number of fused-ring (bicyclic) bond motifs is 1. The Bertz CT molecular complexity index is 276. The van der Waals surface area contributed by atoms with Gasteiger partial charge in [-0.1, -0.05) is 15.9 Å². The van der Waals surface area contributed by atoms with Crippen molar-refractivity contribution in [1.29, 1.82) is 0 Å². The molecule has 0 unspecified atom stereocenters. The van der Waals surface area contributed by atoms with E-state index in [1.54, 1.807) is 13.8 Å². The lowest BCUT2D eigenvalue weighted by molar-refractivity contribution is -0.158. The van der Waals surface area contributed by atoms with Crippen molar-refractivity contribution in [2.24, 2.45) is 0 Å². The fourth-order valence-electron chi connectivity index (χ4n) is 1.80. The molecule has 14 heavy (non-hydrogen) atoms. The Morgan fingerprint density at radius 3 is 2.64 bits per heavy atom. The molecular formula is C9H13BrO4. The van der Waals surface area contributed by atoms with E-state index in [1.807, 2.05) is 0 Å². The highest BCUT2D eigenvalue weighted by Gasteiger charge is 2.49. The van der Waals surface area contributed by atoms with Crippen LogP contribution in [0.25, 0.3) is 0 Å². The van der Waals surface area contributed by atoms with Crippen molar-refractivity contribution >= 4 is 15.9 Å². The Hall–Kier alpha value is 0.0600. The Morgan fingerprint density at radius 2 is 2.00 bits per heavy atom. The van der Waals surface area contributed by atoms with E-state index < -0.39 is 24.1 Å². The molecule has 1 saturated heterocycles. The lowest BCUT2D eigenvalue weighted by Crippen LogP contribution is -2.46. The summed E-state index contributed by atoms with van der Waals surface area (Å²) in [5.74, 6) is -0.715. The van der Waals surface area contributed by atoms with Crippen molar-refractivity contribution in [2.75, 3.05) is 0 Å².